The summed E-state index contributed by atoms with van der Waals surface area (Å²) < 4.78 is 48.2. The Hall–Kier alpha value is -2.58. The number of piperazine rings is 1. The number of hydrogen-bond donors (Lipinski definition) is 0. The van der Waals surface area contributed by atoms with Crippen LogP contribution in [0.1, 0.15) is 52.0 Å². The van der Waals surface area contributed by atoms with Crippen LogP contribution < -0.4 is 4.90 Å². The van der Waals surface area contributed by atoms with E-state index in [2.05, 4.69) is 37.5 Å². The maximum atomic E-state index is 15.0. The molecule has 0 aliphatic carbocycles. The van der Waals surface area contributed by atoms with Gasteiger partial charge < -0.3 is 14.5 Å². The lowest BCUT2D eigenvalue weighted by molar-refractivity contribution is -0.137. The third-order valence-corrected chi connectivity index (χ3v) is 8.57. The Bertz CT molecular complexity index is 1150. The van der Waals surface area contributed by atoms with Crippen LogP contribution in [-0.2, 0) is 9.53 Å². The number of likely N-dealkylation sites (tertiary alicyclic amines) is 1. The van der Waals surface area contributed by atoms with Crippen LogP contribution in [0.3, 0.4) is 0 Å². The Labute approximate surface area is 223 Å². The van der Waals surface area contributed by atoms with Gasteiger partial charge in [-0.1, -0.05) is 6.07 Å². The standard InChI is InChI=1S/C30H38F3N3O2/c1-19-15-35(16-20(2)36(19)23-8-5-21(31)6-9-23)29(37)27-18-34(24-11-12-38-30(3,4)14-24)17-26(27)25-10-7-22(32)13-28(25)33/h5-10,13,19-20,24,26-27H,11-12,14-18H2,1-4H3/t19-,20+,24-,26+,27-/m0/s1. The molecule has 8 heteroatoms. The molecule has 0 radical (unpaired) electrons. The van der Waals surface area contributed by atoms with Crippen LogP contribution in [0, 0.1) is 23.4 Å². The van der Waals surface area contributed by atoms with Gasteiger partial charge in [0.15, 0.2) is 0 Å². The number of carbonyl (C=O) groups excluding carboxylic acids is 1. The van der Waals surface area contributed by atoms with Crippen LogP contribution >= 0.6 is 0 Å². The average molecular weight is 530 g/mol. The number of anilines is 1. The molecule has 0 spiro atoms. The van der Waals surface area contributed by atoms with Crippen molar-refractivity contribution in [1.29, 1.82) is 0 Å². The number of ether oxygens (including phenoxy) is 1. The highest BCUT2D eigenvalue weighted by Gasteiger charge is 2.46. The molecule has 0 saturated carbocycles. The van der Waals surface area contributed by atoms with Gasteiger partial charge in [-0.05, 0) is 76.4 Å². The zero-order valence-electron chi connectivity index (χ0n) is 22.7. The first-order valence-corrected chi connectivity index (χ1v) is 13.7. The van der Waals surface area contributed by atoms with Crippen LogP contribution in [0.25, 0.3) is 0 Å². The van der Waals surface area contributed by atoms with Gasteiger partial charge in [0.2, 0.25) is 5.91 Å². The summed E-state index contributed by atoms with van der Waals surface area (Å²) in [5.41, 5.74) is 1.09. The number of rotatable bonds is 4. The Morgan fingerprint density at radius 2 is 1.58 bits per heavy atom. The molecule has 5 nitrogen and oxygen atoms in total. The maximum Gasteiger partial charge on any atom is 0.227 e. The van der Waals surface area contributed by atoms with Crippen molar-refractivity contribution >= 4 is 11.6 Å². The second-order valence-electron chi connectivity index (χ2n) is 11.9. The molecule has 3 aliphatic rings. The zero-order chi connectivity index (χ0) is 27.2. The first-order valence-electron chi connectivity index (χ1n) is 13.7. The fourth-order valence-corrected chi connectivity index (χ4v) is 6.87. The van der Waals surface area contributed by atoms with Gasteiger partial charge in [0, 0.05) is 68.6 Å². The van der Waals surface area contributed by atoms with E-state index in [1.807, 2.05) is 4.90 Å². The molecule has 38 heavy (non-hydrogen) atoms. The summed E-state index contributed by atoms with van der Waals surface area (Å²) in [6, 6.07) is 10.5. The molecule has 0 unspecified atom stereocenters. The van der Waals surface area contributed by atoms with Gasteiger partial charge in [-0.3, -0.25) is 9.69 Å². The summed E-state index contributed by atoms with van der Waals surface area (Å²) in [5.74, 6) is -2.24. The van der Waals surface area contributed by atoms with Crippen molar-refractivity contribution in [2.45, 2.75) is 70.2 Å². The highest BCUT2D eigenvalue weighted by atomic mass is 19.1. The lowest BCUT2D eigenvalue weighted by Gasteiger charge is -2.46. The number of carbonyl (C=O) groups is 1. The fourth-order valence-electron chi connectivity index (χ4n) is 6.87. The molecular formula is C30H38F3N3O2. The van der Waals surface area contributed by atoms with Crippen LogP contribution in [-0.4, -0.2) is 72.2 Å². The average Bonchev–Trinajstić information content (AvgIpc) is 3.29. The molecule has 2 aromatic carbocycles. The molecule has 3 aliphatic heterocycles. The lowest BCUT2D eigenvalue weighted by atomic mass is 9.87. The van der Waals surface area contributed by atoms with Crippen molar-refractivity contribution in [3.8, 4) is 0 Å². The van der Waals surface area contributed by atoms with Crippen molar-refractivity contribution in [2.75, 3.05) is 37.7 Å². The van der Waals surface area contributed by atoms with E-state index in [0.717, 1.165) is 24.6 Å². The quantitative estimate of drug-likeness (QED) is 0.546. The molecule has 206 valence electrons. The minimum Gasteiger partial charge on any atom is -0.375 e. The molecule has 3 heterocycles. The molecule has 3 saturated heterocycles. The van der Waals surface area contributed by atoms with Crippen molar-refractivity contribution < 1.29 is 22.7 Å². The van der Waals surface area contributed by atoms with Gasteiger partial charge in [0.05, 0.1) is 11.5 Å². The summed E-state index contributed by atoms with van der Waals surface area (Å²) >= 11 is 0. The largest absolute Gasteiger partial charge is 0.375 e. The van der Waals surface area contributed by atoms with Gasteiger partial charge >= 0.3 is 0 Å². The van der Waals surface area contributed by atoms with E-state index in [4.69, 9.17) is 4.74 Å². The smallest absolute Gasteiger partial charge is 0.227 e. The Morgan fingerprint density at radius 1 is 0.921 bits per heavy atom. The number of nitrogens with zero attached hydrogens (tertiary/aromatic N) is 3. The first kappa shape index (κ1) is 27.0. The van der Waals surface area contributed by atoms with E-state index in [0.29, 0.717) is 38.3 Å². The van der Waals surface area contributed by atoms with Gasteiger partial charge in [-0.15, -0.1) is 0 Å². The van der Waals surface area contributed by atoms with Crippen LogP contribution in [0.5, 0.6) is 0 Å². The summed E-state index contributed by atoms with van der Waals surface area (Å²) in [4.78, 5) is 20.6. The van der Waals surface area contributed by atoms with E-state index in [1.165, 1.54) is 24.3 Å². The van der Waals surface area contributed by atoms with Crippen LogP contribution in [0.15, 0.2) is 42.5 Å². The molecule has 5 rings (SSSR count). The third kappa shape index (κ3) is 5.43. The first-order chi connectivity index (χ1) is 18.0. The molecule has 3 fully saturated rings. The monoisotopic (exact) mass is 529 g/mol. The van der Waals surface area contributed by atoms with E-state index < -0.39 is 17.6 Å². The van der Waals surface area contributed by atoms with Gasteiger partial charge in [-0.25, -0.2) is 13.2 Å². The third-order valence-electron chi connectivity index (χ3n) is 8.57. The summed E-state index contributed by atoms with van der Waals surface area (Å²) in [6.45, 7) is 11.1. The summed E-state index contributed by atoms with van der Waals surface area (Å²) in [6.07, 6.45) is 1.71. The number of amides is 1. The Balaban J connectivity index is 1.38. The van der Waals surface area contributed by atoms with Crippen molar-refractivity contribution in [2.24, 2.45) is 5.92 Å². The van der Waals surface area contributed by atoms with Gasteiger partial charge in [0.1, 0.15) is 17.5 Å². The molecule has 0 aromatic heterocycles. The summed E-state index contributed by atoms with van der Waals surface area (Å²) in [7, 11) is 0. The Morgan fingerprint density at radius 3 is 2.21 bits per heavy atom. The van der Waals surface area contributed by atoms with Crippen LogP contribution in [0.2, 0.25) is 0 Å². The van der Waals surface area contributed by atoms with Crippen molar-refractivity contribution in [3.63, 3.8) is 0 Å². The molecule has 0 N–H and O–H groups in total. The molecule has 2 aromatic rings. The predicted molar refractivity (Wildman–Crippen MR) is 142 cm³/mol. The highest BCUT2D eigenvalue weighted by molar-refractivity contribution is 5.81. The van der Waals surface area contributed by atoms with Gasteiger partial charge in [0.25, 0.3) is 0 Å². The minimum atomic E-state index is -0.616. The number of benzene rings is 2. The maximum absolute atomic E-state index is 15.0. The lowest BCUT2D eigenvalue weighted by Crippen LogP contribution is -2.59. The van der Waals surface area contributed by atoms with Crippen molar-refractivity contribution in [1.82, 2.24) is 9.80 Å². The number of halogens is 3. The van der Waals surface area contributed by atoms with E-state index in [-0.39, 0.29) is 41.4 Å². The fraction of sp³-hybridized carbons (Fsp3) is 0.567. The van der Waals surface area contributed by atoms with E-state index in [9.17, 15) is 13.6 Å². The predicted octanol–water partition coefficient (Wildman–Crippen LogP) is 5.20. The second-order valence-corrected chi connectivity index (χ2v) is 11.9. The highest BCUT2D eigenvalue weighted by Crippen LogP contribution is 2.40. The second kappa shape index (κ2) is 10.5. The van der Waals surface area contributed by atoms with Gasteiger partial charge in [-0.2, -0.15) is 0 Å². The number of hydrogen-bond acceptors (Lipinski definition) is 4. The van der Waals surface area contributed by atoms with Crippen molar-refractivity contribution in [3.05, 3.63) is 65.5 Å². The summed E-state index contributed by atoms with van der Waals surface area (Å²) in [5, 5.41) is 0. The van der Waals surface area contributed by atoms with E-state index in [1.54, 1.807) is 12.1 Å². The molecule has 1 amide bonds. The topological polar surface area (TPSA) is 36.0 Å². The zero-order valence-corrected chi connectivity index (χ0v) is 22.7. The normalized spacial score (nSPS) is 30.0. The molecule has 5 atom stereocenters. The molecule has 0 bridgehead atoms. The SMILES string of the molecule is C[C@@H]1CN(C(=O)[C@H]2CN([C@H]3CCOC(C)(C)C3)C[C@@H]2c2ccc(F)cc2F)C[C@H](C)N1c1ccc(F)cc1. The van der Waals surface area contributed by atoms with E-state index >= 15 is 4.39 Å². The minimum absolute atomic E-state index is 0.0185. The molecular weight excluding hydrogens is 491 g/mol. The Kier molecular flexibility index (Phi) is 7.48. The van der Waals surface area contributed by atoms with Crippen LogP contribution in [0.4, 0.5) is 18.9 Å².